The van der Waals surface area contributed by atoms with E-state index in [1.54, 1.807) is 33.3 Å². The quantitative estimate of drug-likeness (QED) is 0.887. The van der Waals surface area contributed by atoms with E-state index in [1.165, 1.54) is 6.42 Å². The molecule has 1 aliphatic rings. The second kappa shape index (κ2) is 8.03. The van der Waals surface area contributed by atoms with Crippen molar-refractivity contribution in [3.8, 4) is 11.5 Å². The fourth-order valence-electron chi connectivity index (χ4n) is 3.04. The molecule has 0 spiro atoms. The van der Waals surface area contributed by atoms with E-state index < -0.39 is 0 Å². The summed E-state index contributed by atoms with van der Waals surface area (Å²) >= 11 is 0. The number of methoxy groups -OCH3 is 2. The van der Waals surface area contributed by atoms with Crippen LogP contribution in [0.25, 0.3) is 0 Å². The van der Waals surface area contributed by atoms with Gasteiger partial charge in [-0.2, -0.15) is 0 Å². The first-order chi connectivity index (χ1) is 12.6. The molecule has 2 heterocycles. The van der Waals surface area contributed by atoms with Gasteiger partial charge in [0.15, 0.2) is 0 Å². The number of likely N-dealkylation sites (tertiary alicyclic amines) is 1. The zero-order chi connectivity index (χ0) is 18.5. The molecule has 1 fully saturated rings. The average Bonchev–Trinajstić information content (AvgIpc) is 2.68. The summed E-state index contributed by atoms with van der Waals surface area (Å²) in [7, 11) is 3.20. The molecule has 0 bridgehead atoms. The highest BCUT2D eigenvalue weighted by molar-refractivity contribution is 5.93. The molecule has 0 aliphatic carbocycles. The summed E-state index contributed by atoms with van der Waals surface area (Å²) in [6.07, 6.45) is 3.27. The van der Waals surface area contributed by atoms with Gasteiger partial charge in [-0.3, -0.25) is 4.79 Å². The third-order valence-electron chi connectivity index (χ3n) is 4.37. The largest absolute Gasteiger partial charge is 0.497 e. The number of aryl methyl sites for hydroxylation is 1. The Kier molecular flexibility index (Phi) is 5.55. The molecule has 1 amide bonds. The van der Waals surface area contributed by atoms with Gasteiger partial charge >= 0.3 is 0 Å². The van der Waals surface area contributed by atoms with Crippen molar-refractivity contribution in [2.24, 2.45) is 0 Å². The van der Waals surface area contributed by atoms with Gasteiger partial charge in [-0.15, -0.1) is 0 Å². The predicted octanol–water partition coefficient (Wildman–Crippen LogP) is 3.17. The minimum absolute atomic E-state index is 0.0417. The van der Waals surface area contributed by atoms with E-state index in [9.17, 15) is 4.79 Å². The molecule has 7 heteroatoms. The molecular weight excluding hydrogens is 332 g/mol. The van der Waals surface area contributed by atoms with Crippen molar-refractivity contribution < 1.29 is 14.3 Å². The fraction of sp³-hybridized carbons (Fsp3) is 0.421. The number of carbonyl (C=O) groups excluding carboxylic acids is 1. The Balaban J connectivity index is 1.85. The lowest BCUT2D eigenvalue weighted by atomic mass is 10.1. The number of nitrogens with zero attached hydrogens (tertiary/aromatic N) is 3. The lowest BCUT2D eigenvalue weighted by Crippen LogP contribution is -2.36. The number of rotatable bonds is 5. The second-order valence-electron chi connectivity index (χ2n) is 6.23. The summed E-state index contributed by atoms with van der Waals surface area (Å²) in [6, 6.07) is 7.16. The van der Waals surface area contributed by atoms with Gasteiger partial charge in [-0.05, 0) is 38.3 Å². The van der Waals surface area contributed by atoms with Gasteiger partial charge < -0.3 is 19.7 Å². The van der Waals surface area contributed by atoms with Gasteiger partial charge in [0.05, 0.1) is 19.9 Å². The molecule has 26 heavy (non-hydrogen) atoms. The van der Waals surface area contributed by atoms with E-state index in [1.807, 2.05) is 17.0 Å². The zero-order valence-corrected chi connectivity index (χ0v) is 15.4. The Hall–Kier alpha value is -2.83. The van der Waals surface area contributed by atoms with Gasteiger partial charge in [0.2, 0.25) is 0 Å². The molecule has 2 aromatic rings. The third kappa shape index (κ3) is 4.04. The van der Waals surface area contributed by atoms with Crippen molar-refractivity contribution in [3.63, 3.8) is 0 Å². The van der Waals surface area contributed by atoms with Crippen molar-refractivity contribution in [1.82, 2.24) is 14.9 Å². The molecule has 1 N–H and O–H groups in total. The summed E-state index contributed by atoms with van der Waals surface area (Å²) in [5, 5.41) is 3.21. The summed E-state index contributed by atoms with van der Waals surface area (Å²) in [4.78, 5) is 23.3. The van der Waals surface area contributed by atoms with E-state index in [0.29, 0.717) is 28.8 Å². The third-order valence-corrected chi connectivity index (χ3v) is 4.37. The van der Waals surface area contributed by atoms with Gasteiger partial charge in [0.25, 0.3) is 5.91 Å². The molecule has 138 valence electrons. The number of anilines is 2. The maximum absolute atomic E-state index is 12.7. The molecule has 1 aliphatic heterocycles. The number of hydrogen-bond donors (Lipinski definition) is 1. The molecule has 1 aromatic heterocycles. The molecule has 0 saturated carbocycles. The first kappa shape index (κ1) is 18.0. The number of hydrogen-bond acceptors (Lipinski definition) is 6. The zero-order valence-electron chi connectivity index (χ0n) is 15.4. The lowest BCUT2D eigenvalue weighted by Gasteiger charge is -2.26. The molecule has 1 aromatic carbocycles. The number of ether oxygens (including phenoxy) is 2. The van der Waals surface area contributed by atoms with Gasteiger partial charge in [0.1, 0.15) is 28.8 Å². The number of aromatic nitrogens is 2. The summed E-state index contributed by atoms with van der Waals surface area (Å²) < 4.78 is 10.6. The normalized spacial score (nSPS) is 14.0. The summed E-state index contributed by atoms with van der Waals surface area (Å²) in [6.45, 7) is 3.36. The van der Waals surface area contributed by atoms with E-state index >= 15 is 0 Å². The van der Waals surface area contributed by atoms with Crippen molar-refractivity contribution in [3.05, 3.63) is 35.8 Å². The Morgan fingerprint density at radius 1 is 1.08 bits per heavy atom. The van der Waals surface area contributed by atoms with Crippen molar-refractivity contribution >= 4 is 17.4 Å². The molecule has 0 radical (unpaired) electrons. The molecule has 0 unspecified atom stereocenters. The van der Waals surface area contributed by atoms with Crippen LogP contribution in [-0.4, -0.2) is 48.1 Å². The van der Waals surface area contributed by atoms with Crippen molar-refractivity contribution in [2.75, 3.05) is 32.6 Å². The molecular formula is C19H24N4O3. The van der Waals surface area contributed by atoms with Crippen LogP contribution in [0.3, 0.4) is 0 Å². The Labute approximate surface area is 153 Å². The van der Waals surface area contributed by atoms with Crippen molar-refractivity contribution in [2.45, 2.75) is 26.2 Å². The van der Waals surface area contributed by atoms with Crippen LogP contribution >= 0.6 is 0 Å². The van der Waals surface area contributed by atoms with Crippen LogP contribution in [0.15, 0.2) is 24.3 Å². The van der Waals surface area contributed by atoms with Gasteiger partial charge in [-0.25, -0.2) is 9.97 Å². The molecule has 3 rings (SSSR count). The first-order valence-corrected chi connectivity index (χ1v) is 8.74. The molecule has 7 nitrogen and oxygen atoms in total. The maximum atomic E-state index is 12.7. The highest BCUT2D eigenvalue weighted by Gasteiger charge is 2.20. The second-order valence-corrected chi connectivity index (χ2v) is 6.23. The number of benzene rings is 1. The average molecular weight is 356 g/mol. The Morgan fingerprint density at radius 2 is 1.85 bits per heavy atom. The minimum atomic E-state index is -0.0417. The van der Waals surface area contributed by atoms with Crippen LogP contribution < -0.4 is 14.8 Å². The number of carbonyl (C=O) groups is 1. The van der Waals surface area contributed by atoms with Crippen LogP contribution in [0.1, 0.15) is 35.6 Å². The van der Waals surface area contributed by atoms with Crippen LogP contribution in [0.2, 0.25) is 0 Å². The minimum Gasteiger partial charge on any atom is -0.497 e. The summed E-state index contributed by atoms with van der Waals surface area (Å²) in [5.41, 5.74) is 1.15. The fourth-order valence-corrected chi connectivity index (χ4v) is 3.04. The molecule has 1 saturated heterocycles. The number of nitrogens with one attached hydrogen (secondary N) is 1. The molecule has 0 atom stereocenters. The smallest absolute Gasteiger partial charge is 0.272 e. The lowest BCUT2D eigenvalue weighted by molar-refractivity contribution is 0.0718. The van der Waals surface area contributed by atoms with Crippen LogP contribution in [0.4, 0.5) is 11.5 Å². The monoisotopic (exact) mass is 356 g/mol. The Bertz CT molecular complexity index is 788. The van der Waals surface area contributed by atoms with E-state index in [4.69, 9.17) is 9.47 Å². The highest BCUT2D eigenvalue weighted by atomic mass is 16.5. The van der Waals surface area contributed by atoms with Crippen LogP contribution in [0, 0.1) is 6.92 Å². The Morgan fingerprint density at radius 3 is 2.54 bits per heavy atom. The van der Waals surface area contributed by atoms with Gasteiger partial charge in [-0.1, -0.05) is 0 Å². The first-order valence-electron chi connectivity index (χ1n) is 8.74. The standard InChI is InChI=1S/C19H24N4O3/c1-13-20-16(19(24)23-9-5-4-6-10-23)12-18(21-13)22-15-8-7-14(25-2)11-17(15)26-3/h7-8,11-12H,4-6,9-10H2,1-3H3,(H,20,21,22). The van der Waals surface area contributed by atoms with Crippen LogP contribution in [-0.2, 0) is 0 Å². The summed E-state index contributed by atoms with van der Waals surface area (Å²) in [5.74, 6) is 2.39. The van der Waals surface area contributed by atoms with E-state index in [2.05, 4.69) is 15.3 Å². The number of amides is 1. The van der Waals surface area contributed by atoms with Gasteiger partial charge in [0, 0.05) is 25.2 Å². The maximum Gasteiger partial charge on any atom is 0.272 e. The highest BCUT2D eigenvalue weighted by Crippen LogP contribution is 2.31. The van der Waals surface area contributed by atoms with E-state index in [-0.39, 0.29) is 5.91 Å². The predicted molar refractivity (Wildman–Crippen MR) is 99.4 cm³/mol. The van der Waals surface area contributed by atoms with E-state index in [0.717, 1.165) is 31.6 Å². The van der Waals surface area contributed by atoms with Crippen LogP contribution in [0.5, 0.6) is 11.5 Å². The van der Waals surface area contributed by atoms with Crippen molar-refractivity contribution in [1.29, 1.82) is 0 Å². The number of piperidine rings is 1. The topological polar surface area (TPSA) is 76.6 Å². The SMILES string of the molecule is COc1ccc(Nc2cc(C(=O)N3CCCCC3)nc(C)n2)c(OC)c1.